The van der Waals surface area contributed by atoms with Crippen LogP contribution in [0.1, 0.15) is 72.1 Å². The quantitative estimate of drug-likeness (QED) is 0.695. The Balaban J connectivity index is 1.62. The van der Waals surface area contributed by atoms with E-state index in [2.05, 4.69) is 11.8 Å². The predicted molar refractivity (Wildman–Crippen MR) is 102 cm³/mol. The van der Waals surface area contributed by atoms with Crippen LogP contribution < -0.4 is 0 Å². The van der Waals surface area contributed by atoms with Crippen molar-refractivity contribution < 1.29 is 19.0 Å². The molecule has 5 nitrogen and oxygen atoms in total. The lowest BCUT2D eigenvalue weighted by Crippen LogP contribution is -2.42. The fourth-order valence-electron chi connectivity index (χ4n) is 3.46. The van der Waals surface area contributed by atoms with Crippen molar-refractivity contribution in [2.45, 2.75) is 90.1 Å². The topological polar surface area (TPSA) is 48.0 Å². The summed E-state index contributed by atoms with van der Waals surface area (Å²) in [6, 6.07) is 0.279. The Morgan fingerprint density at radius 1 is 1.12 bits per heavy atom. The summed E-state index contributed by atoms with van der Waals surface area (Å²) in [5.41, 5.74) is -0.442. The van der Waals surface area contributed by atoms with Gasteiger partial charge in [0.1, 0.15) is 12.2 Å². The van der Waals surface area contributed by atoms with Crippen LogP contribution in [0, 0.1) is 17.8 Å². The Hall–Kier alpha value is -1.25. The lowest BCUT2D eigenvalue weighted by Gasteiger charge is -2.35. The normalized spacial score (nSPS) is 26.5. The highest BCUT2D eigenvalue weighted by Crippen LogP contribution is 2.29. The third-order valence-corrected chi connectivity index (χ3v) is 5.04. The van der Waals surface area contributed by atoms with Crippen LogP contribution >= 0.6 is 0 Å². The molecule has 0 aromatic rings. The molecule has 0 aromatic heterocycles. The minimum atomic E-state index is -0.442. The minimum absolute atomic E-state index is 0.0584. The van der Waals surface area contributed by atoms with Crippen LogP contribution in [0.2, 0.25) is 0 Å². The second-order valence-corrected chi connectivity index (χ2v) is 8.43. The zero-order valence-electron chi connectivity index (χ0n) is 16.9. The van der Waals surface area contributed by atoms with E-state index in [0.29, 0.717) is 12.5 Å². The summed E-state index contributed by atoms with van der Waals surface area (Å²) in [7, 11) is 1.85. The molecule has 1 saturated carbocycles. The van der Waals surface area contributed by atoms with Crippen LogP contribution in [0.15, 0.2) is 0 Å². The van der Waals surface area contributed by atoms with Gasteiger partial charge in [0.2, 0.25) is 0 Å². The fourth-order valence-corrected chi connectivity index (χ4v) is 3.46. The Kier molecular flexibility index (Phi) is 8.24. The van der Waals surface area contributed by atoms with Crippen LogP contribution in [-0.4, -0.2) is 49.2 Å². The SMILES string of the molecule is CN(C(=O)OC(C)(C)C)C1CCC(CC#CCOC2CCCCO2)CC1. The van der Waals surface area contributed by atoms with Gasteiger partial charge in [0.05, 0.1) is 0 Å². The molecule has 148 valence electrons. The summed E-state index contributed by atoms with van der Waals surface area (Å²) < 4.78 is 16.6. The molecule has 1 unspecified atom stereocenters. The molecular formula is C21H35NO4. The number of carbonyl (C=O) groups excluding carboxylic acids is 1. The molecule has 0 N–H and O–H groups in total. The molecule has 1 atom stereocenters. The monoisotopic (exact) mass is 365 g/mol. The van der Waals surface area contributed by atoms with Gasteiger partial charge in [-0.05, 0) is 71.6 Å². The Labute approximate surface area is 158 Å². The molecule has 1 aliphatic heterocycles. The highest BCUT2D eigenvalue weighted by atomic mass is 16.7. The summed E-state index contributed by atoms with van der Waals surface area (Å²) in [6.45, 7) is 6.97. The Morgan fingerprint density at radius 3 is 2.46 bits per heavy atom. The van der Waals surface area contributed by atoms with Gasteiger partial charge in [-0.2, -0.15) is 0 Å². The fraction of sp³-hybridized carbons (Fsp3) is 0.857. The number of ether oxygens (including phenoxy) is 3. The minimum Gasteiger partial charge on any atom is -0.444 e. The van der Waals surface area contributed by atoms with E-state index < -0.39 is 5.60 Å². The van der Waals surface area contributed by atoms with Crippen molar-refractivity contribution in [3.8, 4) is 11.8 Å². The molecule has 1 amide bonds. The molecule has 0 radical (unpaired) electrons. The smallest absolute Gasteiger partial charge is 0.410 e. The van der Waals surface area contributed by atoms with E-state index in [4.69, 9.17) is 14.2 Å². The number of hydrogen-bond donors (Lipinski definition) is 0. The first-order chi connectivity index (χ1) is 12.3. The number of hydrogen-bond acceptors (Lipinski definition) is 4. The third-order valence-electron chi connectivity index (χ3n) is 5.04. The summed E-state index contributed by atoms with van der Waals surface area (Å²) in [5, 5.41) is 0. The van der Waals surface area contributed by atoms with E-state index in [-0.39, 0.29) is 18.4 Å². The van der Waals surface area contributed by atoms with E-state index in [9.17, 15) is 4.79 Å². The van der Waals surface area contributed by atoms with Crippen LogP contribution in [0.4, 0.5) is 4.79 Å². The summed E-state index contributed by atoms with van der Waals surface area (Å²) >= 11 is 0. The van der Waals surface area contributed by atoms with Gasteiger partial charge in [-0.3, -0.25) is 0 Å². The molecule has 5 heteroatoms. The van der Waals surface area contributed by atoms with Gasteiger partial charge in [0.25, 0.3) is 0 Å². The van der Waals surface area contributed by atoms with Gasteiger partial charge >= 0.3 is 6.09 Å². The van der Waals surface area contributed by atoms with Crippen molar-refractivity contribution in [3.63, 3.8) is 0 Å². The largest absolute Gasteiger partial charge is 0.444 e. The van der Waals surface area contributed by atoms with Crippen LogP contribution in [0.3, 0.4) is 0 Å². The third kappa shape index (κ3) is 7.55. The number of amides is 1. The van der Waals surface area contributed by atoms with Gasteiger partial charge in [-0.25, -0.2) is 4.79 Å². The van der Waals surface area contributed by atoms with E-state index in [1.807, 2.05) is 27.8 Å². The molecule has 0 bridgehead atoms. The summed E-state index contributed by atoms with van der Waals surface area (Å²) in [6.07, 6.45) is 8.20. The van der Waals surface area contributed by atoms with Crippen molar-refractivity contribution in [1.29, 1.82) is 0 Å². The highest BCUT2D eigenvalue weighted by molar-refractivity contribution is 5.68. The van der Waals surface area contributed by atoms with Crippen LogP contribution in [-0.2, 0) is 14.2 Å². The number of rotatable bonds is 4. The molecule has 2 aliphatic rings. The molecule has 1 saturated heterocycles. The van der Waals surface area contributed by atoms with Crippen molar-refractivity contribution in [2.75, 3.05) is 20.3 Å². The average Bonchev–Trinajstić information content (AvgIpc) is 2.61. The molecular weight excluding hydrogens is 330 g/mol. The molecule has 1 heterocycles. The van der Waals surface area contributed by atoms with Gasteiger partial charge in [0.15, 0.2) is 6.29 Å². The summed E-state index contributed by atoms with van der Waals surface area (Å²) in [4.78, 5) is 13.9. The molecule has 2 rings (SSSR count). The van der Waals surface area contributed by atoms with E-state index >= 15 is 0 Å². The zero-order valence-corrected chi connectivity index (χ0v) is 16.9. The number of carbonyl (C=O) groups is 1. The highest BCUT2D eigenvalue weighted by Gasteiger charge is 2.29. The van der Waals surface area contributed by atoms with Crippen molar-refractivity contribution in [2.24, 2.45) is 5.92 Å². The van der Waals surface area contributed by atoms with Gasteiger partial charge < -0.3 is 19.1 Å². The molecule has 0 spiro atoms. The Morgan fingerprint density at radius 2 is 1.85 bits per heavy atom. The average molecular weight is 366 g/mol. The first-order valence-electron chi connectivity index (χ1n) is 10.00. The second kappa shape index (κ2) is 10.2. The predicted octanol–water partition coefficient (Wildman–Crippen LogP) is 4.35. The van der Waals surface area contributed by atoms with Crippen LogP contribution in [0.5, 0.6) is 0 Å². The summed E-state index contributed by atoms with van der Waals surface area (Å²) in [5.74, 6) is 7.00. The van der Waals surface area contributed by atoms with Gasteiger partial charge in [0, 0.05) is 26.1 Å². The first-order valence-corrected chi connectivity index (χ1v) is 10.00. The maximum atomic E-state index is 12.2. The second-order valence-electron chi connectivity index (χ2n) is 8.43. The number of nitrogens with zero attached hydrogens (tertiary/aromatic N) is 1. The first kappa shape index (κ1) is 21.1. The lowest BCUT2D eigenvalue weighted by atomic mass is 9.84. The van der Waals surface area contributed by atoms with Crippen molar-refractivity contribution in [3.05, 3.63) is 0 Å². The Bertz CT molecular complexity index is 488. The standard InChI is InChI=1S/C21H35NO4/c1-21(2,3)26-20(23)22(4)18-13-11-17(12-14-18)9-5-7-15-24-19-10-6-8-16-25-19/h17-19H,6,8-16H2,1-4H3. The molecule has 26 heavy (non-hydrogen) atoms. The van der Waals surface area contributed by atoms with Crippen molar-refractivity contribution in [1.82, 2.24) is 4.90 Å². The van der Waals surface area contributed by atoms with Gasteiger partial charge in [-0.15, -0.1) is 5.92 Å². The molecule has 2 fully saturated rings. The lowest BCUT2D eigenvalue weighted by molar-refractivity contribution is -0.154. The zero-order chi connectivity index (χ0) is 19.0. The van der Waals surface area contributed by atoms with E-state index in [0.717, 1.165) is 51.6 Å². The molecule has 1 aliphatic carbocycles. The van der Waals surface area contributed by atoms with E-state index in [1.54, 1.807) is 4.90 Å². The van der Waals surface area contributed by atoms with Crippen LogP contribution in [0.25, 0.3) is 0 Å². The van der Waals surface area contributed by atoms with E-state index in [1.165, 1.54) is 6.42 Å². The van der Waals surface area contributed by atoms with Crippen molar-refractivity contribution >= 4 is 6.09 Å². The molecule has 0 aromatic carbocycles. The maximum Gasteiger partial charge on any atom is 0.410 e. The maximum absolute atomic E-state index is 12.2. The van der Waals surface area contributed by atoms with Gasteiger partial charge in [-0.1, -0.05) is 5.92 Å².